The highest BCUT2D eigenvalue weighted by molar-refractivity contribution is 5.45. The quantitative estimate of drug-likeness (QED) is 0.812. The summed E-state index contributed by atoms with van der Waals surface area (Å²) in [6.45, 7) is 6.70. The van der Waals surface area contributed by atoms with Gasteiger partial charge in [-0.15, -0.1) is 0 Å². The Bertz CT molecular complexity index is 751. The van der Waals surface area contributed by atoms with Crippen molar-refractivity contribution in [3.05, 3.63) is 59.7 Å². The summed E-state index contributed by atoms with van der Waals surface area (Å²) in [4.78, 5) is 0. The molecule has 0 saturated carbocycles. The highest BCUT2D eigenvalue weighted by atomic mass is 16.7. The Hall–Kier alpha value is -2.62. The van der Waals surface area contributed by atoms with Gasteiger partial charge in [-0.3, -0.25) is 0 Å². The molecule has 0 unspecified atom stereocenters. The largest absolute Gasteiger partial charge is 0.504 e. The monoisotopic (exact) mass is 326 g/mol. The summed E-state index contributed by atoms with van der Waals surface area (Å²) in [5.41, 5.74) is 3.43. The van der Waals surface area contributed by atoms with Crippen LogP contribution in [0, 0.1) is 5.92 Å². The summed E-state index contributed by atoms with van der Waals surface area (Å²) in [6.07, 6.45) is 1.65. The van der Waals surface area contributed by atoms with E-state index in [2.05, 4.69) is 19.6 Å². The number of hydrogen-bond donors (Lipinski definition) is 1. The maximum Gasteiger partial charge on any atom is 0.231 e. The number of phenolic OH excluding ortho intramolecular Hbond substituents is 1. The van der Waals surface area contributed by atoms with Gasteiger partial charge < -0.3 is 19.3 Å². The number of allylic oxidation sites excluding steroid dienone is 1. The van der Waals surface area contributed by atoms with Gasteiger partial charge >= 0.3 is 0 Å². The van der Waals surface area contributed by atoms with Crippen molar-refractivity contribution in [3.63, 3.8) is 0 Å². The van der Waals surface area contributed by atoms with Gasteiger partial charge in [0.1, 0.15) is 0 Å². The molecule has 0 fully saturated rings. The lowest BCUT2D eigenvalue weighted by Crippen LogP contribution is -2.05. The average molecular weight is 326 g/mol. The number of phenols is 1. The zero-order valence-electron chi connectivity index (χ0n) is 14.0. The molecule has 1 atom stereocenters. The molecule has 0 amide bonds. The Labute approximate surface area is 142 Å². The van der Waals surface area contributed by atoms with Gasteiger partial charge in [-0.1, -0.05) is 31.2 Å². The number of benzene rings is 2. The van der Waals surface area contributed by atoms with Gasteiger partial charge in [0.05, 0.1) is 7.11 Å². The van der Waals surface area contributed by atoms with Crippen molar-refractivity contribution >= 4 is 0 Å². The molecule has 2 aromatic rings. The predicted molar refractivity (Wildman–Crippen MR) is 92.9 cm³/mol. The molecule has 0 aromatic heterocycles. The Kier molecular flexibility index (Phi) is 4.65. The first-order chi connectivity index (χ1) is 11.6. The second-order valence-corrected chi connectivity index (χ2v) is 6.13. The average Bonchev–Trinajstić information content (AvgIpc) is 3.04. The fourth-order valence-corrected chi connectivity index (χ4v) is 2.83. The van der Waals surface area contributed by atoms with Crippen LogP contribution < -0.4 is 14.2 Å². The molecule has 0 aliphatic carbocycles. The lowest BCUT2D eigenvalue weighted by molar-refractivity contribution is 0.174. The maximum absolute atomic E-state index is 9.69. The first-order valence-corrected chi connectivity index (χ1v) is 7.99. The number of methoxy groups -OCH3 is 1. The van der Waals surface area contributed by atoms with Crippen LogP contribution in [0.15, 0.2) is 48.6 Å². The van der Waals surface area contributed by atoms with Crippen molar-refractivity contribution in [2.75, 3.05) is 13.9 Å². The van der Waals surface area contributed by atoms with E-state index in [0.717, 1.165) is 35.5 Å². The minimum absolute atomic E-state index is 0.160. The molecular weight excluding hydrogens is 304 g/mol. The molecule has 1 aliphatic rings. The van der Waals surface area contributed by atoms with Gasteiger partial charge in [0, 0.05) is 0 Å². The molecule has 0 bridgehead atoms. The van der Waals surface area contributed by atoms with Crippen LogP contribution in [-0.2, 0) is 12.8 Å². The molecule has 0 saturated heterocycles. The van der Waals surface area contributed by atoms with Crippen molar-refractivity contribution in [2.45, 2.75) is 19.8 Å². The smallest absolute Gasteiger partial charge is 0.231 e. The third kappa shape index (κ3) is 3.48. The molecule has 3 rings (SSSR count). The van der Waals surface area contributed by atoms with Crippen LogP contribution in [0.1, 0.15) is 18.1 Å². The number of ether oxygens (including phenoxy) is 3. The van der Waals surface area contributed by atoms with Crippen LogP contribution in [0.3, 0.4) is 0 Å². The molecule has 0 spiro atoms. The second kappa shape index (κ2) is 6.87. The van der Waals surface area contributed by atoms with E-state index in [1.165, 1.54) is 5.56 Å². The summed E-state index contributed by atoms with van der Waals surface area (Å²) in [5, 5.41) is 9.69. The summed E-state index contributed by atoms with van der Waals surface area (Å²) in [5.74, 6) is 2.57. The minimum Gasteiger partial charge on any atom is -0.504 e. The molecule has 4 nitrogen and oxygen atoms in total. The van der Waals surface area contributed by atoms with Gasteiger partial charge in [0.25, 0.3) is 0 Å². The zero-order valence-corrected chi connectivity index (χ0v) is 14.0. The zero-order chi connectivity index (χ0) is 17.1. The normalized spacial score (nSPS) is 13.6. The van der Waals surface area contributed by atoms with Crippen LogP contribution in [0.5, 0.6) is 23.0 Å². The van der Waals surface area contributed by atoms with Gasteiger partial charge in [0.2, 0.25) is 6.79 Å². The van der Waals surface area contributed by atoms with Crippen molar-refractivity contribution in [1.29, 1.82) is 0 Å². The molecule has 1 aliphatic heterocycles. The van der Waals surface area contributed by atoms with Gasteiger partial charge in [-0.25, -0.2) is 0 Å². The van der Waals surface area contributed by atoms with Crippen LogP contribution in [0.25, 0.3) is 0 Å². The van der Waals surface area contributed by atoms with E-state index in [9.17, 15) is 5.11 Å². The SMILES string of the molecule is C=C(Cc1ccc2c(c1)OCO2)[C@H](C)Cc1ccc(O)c(OC)c1. The first-order valence-electron chi connectivity index (χ1n) is 7.99. The first kappa shape index (κ1) is 16.2. The van der Waals surface area contributed by atoms with Crippen molar-refractivity contribution < 1.29 is 19.3 Å². The Balaban J connectivity index is 1.64. The van der Waals surface area contributed by atoms with Gasteiger partial charge in [-0.05, 0) is 54.2 Å². The summed E-state index contributed by atoms with van der Waals surface area (Å²) < 4.78 is 15.9. The number of aromatic hydroxyl groups is 1. The van der Waals surface area contributed by atoms with E-state index < -0.39 is 0 Å². The third-order valence-electron chi connectivity index (χ3n) is 4.35. The van der Waals surface area contributed by atoms with Crippen molar-refractivity contribution in [3.8, 4) is 23.0 Å². The third-order valence-corrected chi connectivity index (χ3v) is 4.35. The Morgan fingerprint density at radius 1 is 1.17 bits per heavy atom. The molecular formula is C20H22O4. The molecule has 24 heavy (non-hydrogen) atoms. The fraction of sp³-hybridized carbons (Fsp3) is 0.300. The van der Waals surface area contributed by atoms with Crippen molar-refractivity contribution in [1.82, 2.24) is 0 Å². The predicted octanol–water partition coefficient (Wildman–Crippen LogP) is 4.11. The van der Waals surface area contributed by atoms with E-state index in [1.54, 1.807) is 13.2 Å². The standard InChI is InChI=1S/C20H22O4/c1-13(8-15-4-6-17(21)19(10-15)22-3)14(2)9-16-5-7-18-20(11-16)24-12-23-18/h4-7,10-11,13,21H,2,8-9,12H2,1,3H3/t13-/m1/s1. The fourth-order valence-electron chi connectivity index (χ4n) is 2.83. The van der Waals surface area contributed by atoms with Crippen molar-refractivity contribution in [2.24, 2.45) is 5.92 Å². The molecule has 1 heterocycles. The second-order valence-electron chi connectivity index (χ2n) is 6.13. The van der Waals surface area contributed by atoms with E-state index in [-0.39, 0.29) is 5.75 Å². The molecule has 1 N–H and O–H groups in total. The van der Waals surface area contributed by atoms with E-state index in [0.29, 0.717) is 18.5 Å². The molecule has 2 aromatic carbocycles. The lowest BCUT2D eigenvalue weighted by atomic mass is 9.90. The van der Waals surface area contributed by atoms with E-state index >= 15 is 0 Å². The highest BCUT2D eigenvalue weighted by Crippen LogP contribution is 2.34. The van der Waals surface area contributed by atoms with Crippen LogP contribution in [-0.4, -0.2) is 19.0 Å². The summed E-state index contributed by atoms with van der Waals surface area (Å²) in [6, 6.07) is 11.5. The van der Waals surface area contributed by atoms with E-state index in [4.69, 9.17) is 14.2 Å². The van der Waals surface area contributed by atoms with Gasteiger partial charge in [-0.2, -0.15) is 0 Å². The minimum atomic E-state index is 0.160. The Morgan fingerprint density at radius 3 is 2.71 bits per heavy atom. The summed E-state index contributed by atoms with van der Waals surface area (Å²) in [7, 11) is 1.56. The molecule has 4 heteroatoms. The Morgan fingerprint density at radius 2 is 1.92 bits per heavy atom. The number of fused-ring (bicyclic) bond motifs is 1. The molecule has 0 radical (unpaired) electrons. The molecule has 126 valence electrons. The van der Waals surface area contributed by atoms with Crippen LogP contribution in [0.2, 0.25) is 0 Å². The number of hydrogen-bond acceptors (Lipinski definition) is 4. The van der Waals surface area contributed by atoms with Crippen LogP contribution in [0.4, 0.5) is 0 Å². The number of rotatable bonds is 6. The van der Waals surface area contributed by atoms with E-state index in [1.807, 2.05) is 24.3 Å². The van der Waals surface area contributed by atoms with Gasteiger partial charge in [0.15, 0.2) is 23.0 Å². The topological polar surface area (TPSA) is 47.9 Å². The summed E-state index contributed by atoms with van der Waals surface area (Å²) >= 11 is 0. The highest BCUT2D eigenvalue weighted by Gasteiger charge is 2.15. The van der Waals surface area contributed by atoms with Crippen LogP contribution >= 0.6 is 0 Å². The maximum atomic E-state index is 9.69. The lowest BCUT2D eigenvalue weighted by Gasteiger charge is -2.16.